The van der Waals surface area contributed by atoms with E-state index >= 15 is 0 Å². The molecule has 0 amide bonds. The highest BCUT2D eigenvalue weighted by molar-refractivity contribution is 5.29. The Morgan fingerprint density at radius 2 is 2.31 bits per heavy atom. The zero-order valence-corrected chi connectivity index (χ0v) is 6.98. The van der Waals surface area contributed by atoms with Gasteiger partial charge in [0.15, 0.2) is 0 Å². The molecule has 0 bridgehead atoms. The van der Waals surface area contributed by atoms with Crippen LogP contribution in [0.2, 0.25) is 0 Å². The van der Waals surface area contributed by atoms with Gasteiger partial charge in [-0.15, -0.1) is 0 Å². The number of aryl methyl sites for hydroxylation is 1. The molecule has 0 spiro atoms. The molecule has 0 aliphatic rings. The lowest BCUT2D eigenvalue weighted by Crippen LogP contribution is -2.01. The summed E-state index contributed by atoms with van der Waals surface area (Å²) in [5.41, 5.74) is 0.805. The Morgan fingerprint density at radius 1 is 1.46 bits per heavy atom. The van der Waals surface area contributed by atoms with E-state index in [4.69, 9.17) is 0 Å². The van der Waals surface area contributed by atoms with Gasteiger partial charge in [0.2, 0.25) is 0 Å². The Kier molecular flexibility index (Phi) is 1.77. The normalized spacial score (nSPS) is 10.3. The number of hydrogen-bond acceptors (Lipinski definition) is 3. The lowest BCUT2D eigenvalue weighted by atomic mass is 10.3. The van der Waals surface area contributed by atoms with Gasteiger partial charge in [0.05, 0.1) is 0 Å². The Morgan fingerprint density at radius 3 is 3.00 bits per heavy atom. The second-order valence-corrected chi connectivity index (χ2v) is 2.62. The molecule has 0 saturated heterocycles. The summed E-state index contributed by atoms with van der Waals surface area (Å²) in [6.07, 6.45) is 5.59. The maximum absolute atomic E-state index is 12.7. The number of hydrogen-bond donors (Lipinski definition) is 0. The zero-order valence-electron chi connectivity index (χ0n) is 6.98. The van der Waals surface area contributed by atoms with Gasteiger partial charge in [0, 0.05) is 24.2 Å². The maximum Gasteiger partial charge on any atom is 0.310 e. The minimum Gasteiger partial charge on any atom is -0.290 e. The van der Waals surface area contributed by atoms with Crippen LogP contribution < -0.4 is 0 Å². The van der Waals surface area contributed by atoms with Crippen molar-refractivity contribution in [3.63, 3.8) is 0 Å². The van der Waals surface area contributed by atoms with Crippen LogP contribution in [0.25, 0.3) is 5.82 Å². The monoisotopic (exact) mass is 178 g/mol. The average molecular weight is 178 g/mol. The average Bonchev–Trinajstić information content (AvgIpc) is 2.61. The lowest BCUT2D eigenvalue weighted by Gasteiger charge is -2.03. The number of nitrogens with zero attached hydrogens (tertiary/aromatic N) is 4. The van der Waals surface area contributed by atoms with Crippen LogP contribution in [0.3, 0.4) is 0 Å². The molecule has 0 fully saturated rings. The Hall–Kier alpha value is -1.78. The first kappa shape index (κ1) is 7.85. The van der Waals surface area contributed by atoms with Gasteiger partial charge in [0.1, 0.15) is 12.1 Å². The summed E-state index contributed by atoms with van der Waals surface area (Å²) in [5.74, 6) is 0.519. The lowest BCUT2D eigenvalue weighted by molar-refractivity contribution is 0.534. The van der Waals surface area contributed by atoms with Crippen LogP contribution in [0.1, 0.15) is 5.56 Å². The topological polar surface area (TPSA) is 43.6 Å². The van der Waals surface area contributed by atoms with Crippen LogP contribution in [-0.4, -0.2) is 19.5 Å². The van der Waals surface area contributed by atoms with E-state index in [0.29, 0.717) is 5.82 Å². The SMILES string of the molecule is Cc1cnc(F)nc1-n1ccnc1. The summed E-state index contributed by atoms with van der Waals surface area (Å²) >= 11 is 0. The van der Waals surface area contributed by atoms with Crippen molar-refractivity contribution < 1.29 is 4.39 Å². The van der Waals surface area contributed by atoms with E-state index in [1.165, 1.54) is 6.20 Å². The van der Waals surface area contributed by atoms with Crippen molar-refractivity contribution in [1.29, 1.82) is 0 Å². The van der Waals surface area contributed by atoms with Gasteiger partial charge in [-0.3, -0.25) is 4.57 Å². The molecule has 0 N–H and O–H groups in total. The Bertz CT molecular complexity index is 410. The van der Waals surface area contributed by atoms with E-state index in [9.17, 15) is 4.39 Å². The molecule has 66 valence electrons. The Labute approximate surface area is 74.1 Å². The molecular formula is C8H7FN4. The summed E-state index contributed by atoms with van der Waals surface area (Å²) in [6, 6.07) is 0. The molecule has 5 heteroatoms. The van der Waals surface area contributed by atoms with Crippen LogP contribution in [-0.2, 0) is 0 Å². The molecule has 4 nitrogen and oxygen atoms in total. The van der Waals surface area contributed by atoms with E-state index in [1.54, 1.807) is 23.3 Å². The van der Waals surface area contributed by atoms with Crippen LogP contribution >= 0.6 is 0 Å². The molecule has 0 atom stereocenters. The molecule has 2 rings (SSSR count). The summed E-state index contributed by atoms with van der Waals surface area (Å²) in [6.45, 7) is 1.81. The third-order valence-electron chi connectivity index (χ3n) is 1.66. The smallest absolute Gasteiger partial charge is 0.290 e. The van der Waals surface area contributed by atoms with Gasteiger partial charge in [-0.25, -0.2) is 9.97 Å². The Balaban J connectivity index is 2.57. The van der Waals surface area contributed by atoms with Gasteiger partial charge in [-0.05, 0) is 6.92 Å². The minimum atomic E-state index is -0.727. The van der Waals surface area contributed by atoms with Gasteiger partial charge in [-0.1, -0.05) is 0 Å². The third-order valence-corrected chi connectivity index (χ3v) is 1.66. The first-order valence-corrected chi connectivity index (χ1v) is 3.75. The fourth-order valence-corrected chi connectivity index (χ4v) is 1.06. The molecule has 0 saturated carbocycles. The van der Waals surface area contributed by atoms with Crippen LogP contribution in [0.15, 0.2) is 24.9 Å². The van der Waals surface area contributed by atoms with Crippen molar-refractivity contribution in [3.8, 4) is 5.82 Å². The van der Waals surface area contributed by atoms with Crippen LogP contribution in [0, 0.1) is 13.0 Å². The highest BCUT2D eigenvalue weighted by Crippen LogP contribution is 2.08. The highest BCUT2D eigenvalue weighted by Gasteiger charge is 2.04. The first-order chi connectivity index (χ1) is 6.27. The van der Waals surface area contributed by atoms with Crippen molar-refractivity contribution in [3.05, 3.63) is 36.6 Å². The standard InChI is InChI=1S/C8H7FN4/c1-6-4-11-8(9)12-7(6)13-3-2-10-5-13/h2-5H,1H3. The number of aromatic nitrogens is 4. The van der Waals surface area contributed by atoms with Crippen LogP contribution in [0.5, 0.6) is 0 Å². The quantitative estimate of drug-likeness (QED) is 0.614. The third kappa shape index (κ3) is 1.40. The molecule has 13 heavy (non-hydrogen) atoms. The van der Waals surface area contributed by atoms with Crippen molar-refractivity contribution in [2.75, 3.05) is 0 Å². The molecule has 0 unspecified atom stereocenters. The second-order valence-electron chi connectivity index (χ2n) is 2.62. The predicted octanol–water partition coefficient (Wildman–Crippen LogP) is 1.11. The molecule has 2 aromatic heterocycles. The minimum absolute atomic E-state index is 0.519. The van der Waals surface area contributed by atoms with Crippen molar-refractivity contribution >= 4 is 0 Å². The number of rotatable bonds is 1. The maximum atomic E-state index is 12.7. The molecule has 2 heterocycles. The van der Waals surface area contributed by atoms with E-state index in [1.807, 2.05) is 6.92 Å². The number of imidazole rings is 1. The second kappa shape index (κ2) is 2.93. The van der Waals surface area contributed by atoms with Crippen molar-refractivity contribution in [1.82, 2.24) is 19.5 Å². The molecule has 0 aromatic carbocycles. The zero-order chi connectivity index (χ0) is 9.26. The van der Waals surface area contributed by atoms with Crippen molar-refractivity contribution in [2.24, 2.45) is 0 Å². The summed E-state index contributed by atoms with van der Waals surface area (Å²) in [5, 5.41) is 0. The van der Waals surface area contributed by atoms with E-state index < -0.39 is 6.08 Å². The summed E-state index contributed by atoms with van der Waals surface area (Å²) in [7, 11) is 0. The van der Waals surface area contributed by atoms with E-state index in [2.05, 4.69) is 15.0 Å². The first-order valence-electron chi connectivity index (χ1n) is 3.75. The van der Waals surface area contributed by atoms with Crippen molar-refractivity contribution in [2.45, 2.75) is 6.92 Å². The molecular weight excluding hydrogens is 171 g/mol. The molecule has 0 radical (unpaired) electrons. The predicted molar refractivity (Wildman–Crippen MR) is 43.8 cm³/mol. The molecule has 0 aliphatic heterocycles. The fraction of sp³-hybridized carbons (Fsp3) is 0.125. The van der Waals surface area contributed by atoms with Gasteiger partial charge >= 0.3 is 6.08 Å². The van der Waals surface area contributed by atoms with Crippen LogP contribution in [0.4, 0.5) is 4.39 Å². The van der Waals surface area contributed by atoms with E-state index in [-0.39, 0.29) is 0 Å². The highest BCUT2D eigenvalue weighted by atomic mass is 19.1. The summed E-state index contributed by atoms with van der Waals surface area (Å²) < 4.78 is 14.3. The van der Waals surface area contributed by atoms with E-state index in [0.717, 1.165) is 5.56 Å². The van der Waals surface area contributed by atoms with Gasteiger partial charge in [-0.2, -0.15) is 9.37 Å². The van der Waals surface area contributed by atoms with Gasteiger partial charge in [0.25, 0.3) is 0 Å². The fourth-order valence-electron chi connectivity index (χ4n) is 1.06. The largest absolute Gasteiger partial charge is 0.310 e. The summed E-state index contributed by atoms with van der Waals surface area (Å²) in [4.78, 5) is 10.9. The van der Waals surface area contributed by atoms with Gasteiger partial charge < -0.3 is 0 Å². The molecule has 0 aliphatic carbocycles. The molecule has 2 aromatic rings. The number of halogens is 1.